The molecule has 0 radical (unpaired) electrons. The molecule has 1 aromatic carbocycles. The summed E-state index contributed by atoms with van der Waals surface area (Å²) in [4.78, 5) is 31.9. The van der Waals surface area contributed by atoms with Crippen molar-refractivity contribution < 1.29 is 9.21 Å². The molecule has 1 unspecified atom stereocenters. The first-order valence-corrected chi connectivity index (χ1v) is 10.5. The maximum atomic E-state index is 13.1. The van der Waals surface area contributed by atoms with E-state index >= 15 is 0 Å². The fraction of sp³-hybridized carbons (Fsp3) is 0.455. The van der Waals surface area contributed by atoms with Crippen LogP contribution in [0.15, 0.2) is 39.5 Å². The quantitative estimate of drug-likeness (QED) is 0.654. The molecule has 8 heteroatoms. The predicted octanol–water partition coefficient (Wildman–Crippen LogP) is 1.50. The minimum atomic E-state index is -0.189. The Labute approximate surface area is 174 Å². The van der Waals surface area contributed by atoms with Crippen molar-refractivity contribution >= 4 is 5.91 Å². The average Bonchev–Trinajstić information content (AvgIpc) is 3.31. The lowest BCUT2D eigenvalue weighted by atomic mass is 9.97. The second kappa shape index (κ2) is 7.59. The van der Waals surface area contributed by atoms with Crippen molar-refractivity contribution in [2.75, 3.05) is 6.54 Å². The van der Waals surface area contributed by atoms with Gasteiger partial charge >= 0.3 is 5.69 Å². The predicted molar refractivity (Wildman–Crippen MR) is 109 cm³/mol. The number of amides is 1. The summed E-state index contributed by atoms with van der Waals surface area (Å²) < 4.78 is 8.95. The summed E-state index contributed by atoms with van der Waals surface area (Å²) in [5.41, 5.74) is 1.98. The molecule has 0 fully saturated rings. The van der Waals surface area contributed by atoms with E-state index in [1.165, 1.54) is 10.2 Å². The van der Waals surface area contributed by atoms with E-state index in [0.29, 0.717) is 32.5 Å². The summed E-state index contributed by atoms with van der Waals surface area (Å²) in [6, 6.07) is 10.3. The molecule has 0 bridgehead atoms. The zero-order chi connectivity index (χ0) is 20.7. The Kier molecular flexibility index (Phi) is 4.77. The summed E-state index contributed by atoms with van der Waals surface area (Å²) in [6.07, 6.45) is 3.69. The molecular formula is C22H25N5O3. The van der Waals surface area contributed by atoms with Gasteiger partial charge in [-0.15, -0.1) is 0 Å². The smallest absolute Gasteiger partial charge is 0.345 e. The molecule has 0 saturated carbocycles. The molecule has 4 heterocycles. The van der Waals surface area contributed by atoms with Gasteiger partial charge in [-0.2, -0.15) is 5.10 Å². The number of carbonyl (C=O) groups excluding carboxylic acids is 1. The summed E-state index contributed by atoms with van der Waals surface area (Å²) in [7, 11) is 1.65. The number of hydrogen-bond donors (Lipinski definition) is 0. The second-order valence-electron chi connectivity index (χ2n) is 8.14. The van der Waals surface area contributed by atoms with Gasteiger partial charge < -0.3 is 9.32 Å². The molecule has 8 nitrogen and oxygen atoms in total. The highest BCUT2D eigenvalue weighted by molar-refractivity contribution is 5.79. The molecule has 0 spiro atoms. The normalized spacial score (nSPS) is 18.2. The molecule has 2 aliphatic rings. The molecule has 0 N–H and O–H groups in total. The zero-order valence-electron chi connectivity index (χ0n) is 17.1. The molecule has 2 aliphatic heterocycles. The number of hydrogen-bond acceptors (Lipinski definition) is 5. The molecule has 0 saturated heterocycles. The van der Waals surface area contributed by atoms with Gasteiger partial charge in [0.2, 0.25) is 5.91 Å². The van der Waals surface area contributed by atoms with Crippen molar-refractivity contribution in [1.29, 1.82) is 0 Å². The fourth-order valence-electron chi connectivity index (χ4n) is 4.44. The van der Waals surface area contributed by atoms with E-state index in [4.69, 9.17) is 4.42 Å². The Morgan fingerprint density at radius 3 is 2.87 bits per heavy atom. The number of aryl methyl sites for hydroxylation is 4. The second-order valence-corrected chi connectivity index (χ2v) is 8.14. The van der Waals surface area contributed by atoms with Crippen molar-refractivity contribution in [2.45, 2.75) is 45.2 Å². The third-order valence-electron chi connectivity index (χ3n) is 6.11. The number of benzene rings is 1. The van der Waals surface area contributed by atoms with Crippen LogP contribution in [0.5, 0.6) is 0 Å². The monoisotopic (exact) mass is 407 g/mol. The van der Waals surface area contributed by atoms with Crippen LogP contribution in [0.3, 0.4) is 0 Å². The summed E-state index contributed by atoms with van der Waals surface area (Å²) in [5, 5.41) is 4.25. The number of aromatic nitrogens is 4. The van der Waals surface area contributed by atoms with E-state index < -0.39 is 0 Å². The molecule has 0 aliphatic carbocycles. The summed E-state index contributed by atoms with van der Waals surface area (Å²) >= 11 is 0. The van der Waals surface area contributed by atoms with Gasteiger partial charge in [-0.1, -0.05) is 30.3 Å². The standard InChI is InChI=1S/C22H25N5O3/c1-25-22(29)27-13-16(8-9-19(27)24-25)21(28)26-12-11-18-17(14-26)23-20(30-18)10-7-15-5-3-2-4-6-15/h2-6,16H,7-14H2,1H3. The maximum Gasteiger partial charge on any atom is 0.345 e. The molecule has 3 aromatic rings. The van der Waals surface area contributed by atoms with E-state index in [9.17, 15) is 9.59 Å². The minimum absolute atomic E-state index is 0.0934. The highest BCUT2D eigenvalue weighted by atomic mass is 16.4. The number of carbonyl (C=O) groups is 1. The summed E-state index contributed by atoms with van der Waals surface area (Å²) in [5.74, 6) is 2.31. The Hall–Kier alpha value is -3.16. The third kappa shape index (κ3) is 3.46. The van der Waals surface area contributed by atoms with Crippen molar-refractivity contribution in [1.82, 2.24) is 24.2 Å². The maximum absolute atomic E-state index is 13.1. The lowest BCUT2D eigenvalue weighted by Gasteiger charge is -2.31. The van der Waals surface area contributed by atoms with Gasteiger partial charge in [0.05, 0.1) is 12.5 Å². The molecule has 30 heavy (non-hydrogen) atoms. The van der Waals surface area contributed by atoms with Gasteiger partial charge in [-0.25, -0.2) is 14.5 Å². The van der Waals surface area contributed by atoms with E-state index in [2.05, 4.69) is 22.2 Å². The minimum Gasteiger partial charge on any atom is -0.445 e. The number of oxazole rings is 1. The zero-order valence-corrected chi connectivity index (χ0v) is 17.1. The SMILES string of the molecule is Cn1nc2n(c1=O)CC(C(=O)N1CCc3oc(CCc4ccccc4)nc3C1)CC2. The first-order valence-electron chi connectivity index (χ1n) is 10.5. The lowest BCUT2D eigenvalue weighted by Crippen LogP contribution is -2.43. The largest absolute Gasteiger partial charge is 0.445 e. The van der Waals surface area contributed by atoms with Crippen LogP contribution in [0, 0.1) is 5.92 Å². The Morgan fingerprint density at radius 2 is 2.03 bits per heavy atom. The Balaban J connectivity index is 1.24. The van der Waals surface area contributed by atoms with E-state index in [1.807, 2.05) is 23.1 Å². The van der Waals surface area contributed by atoms with Crippen molar-refractivity contribution in [2.24, 2.45) is 13.0 Å². The molecule has 2 aromatic heterocycles. The summed E-state index contributed by atoms with van der Waals surface area (Å²) in [6.45, 7) is 1.52. The molecule has 156 valence electrons. The van der Waals surface area contributed by atoms with Crippen LogP contribution in [0.25, 0.3) is 0 Å². The van der Waals surface area contributed by atoms with Crippen LogP contribution in [-0.4, -0.2) is 36.7 Å². The third-order valence-corrected chi connectivity index (χ3v) is 6.11. The first-order chi connectivity index (χ1) is 14.6. The molecule has 5 rings (SSSR count). The fourth-order valence-corrected chi connectivity index (χ4v) is 4.44. The van der Waals surface area contributed by atoms with Gasteiger partial charge in [0.15, 0.2) is 5.89 Å². The molecular weight excluding hydrogens is 382 g/mol. The molecule has 1 atom stereocenters. The van der Waals surface area contributed by atoms with E-state index in [0.717, 1.165) is 42.4 Å². The van der Waals surface area contributed by atoms with Gasteiger partial charge in [-0.3, -0.25) is 9.36 Å². The van der Waals surface area contributed by atoms with E-state index in [-0.39, 0.29) is 17.5 Å². The van der Waals surface area contributed by atoms with Crippen LogP contribution in [0.2, 0.25) is 0 Å². The van der Waals surface area contributed by atoms with Crippen LogP contribution in [-0.2, 0) is 50.6 Å². The van der Waals surface area contributed by atoms with E-state index in [1.54, 1.807) is 11.6 Å². The van der Waals surface area contributed by atoms with Gasteiger partial charge in [-0.05, 0) is 18.4 Å². The topological polar surface area (TPSA) is 86.2 Å². The Morgan fingerprint density at radius 1 is 1.20 bits per heavy atom. The van der Waals surface area contributed by atoms with Crippen molar-refractivity contribution in [3.05, 3.63) is 69.5 Å². The van der Waals surface area contributed by atoms with Crippen LogP contribution in [0.4, 0.5) is 0 Å². The Bertz CT molecular complexity index is 1130. The van der Waals surface area contributed by atoms with Crippen molar-refractivity contribution in [3.63, 3.8) is 0 Å². The highest BCUT2D eigenvalue weighted by Crippen LogP contribution is 2.25. The number of nitrogens with zero attached hydrogens (tertiary/aromatic N) is 5. The van der Waals surface area contributed by atoms with Crippen LogP contribution < -0.4 is 5.69 Å². The van der Waals surface area contributed by atoms with Gasteiger partial charge in [0, 0.05) is 39.4 Å². The number of fused-ring (bicyclic) bond motifs is 2. The van der Waals surface area contributed by atoms with Gasteiger partial charge in [0.1, 0.15) is 17.3 Å². The highest BCUT2D eigenvalue weighted by Gasteiger charge is 2.33. The lowest BCUT2D eigenvalue weighted by molar-refractivity contribution is -0.137. The molecule has 1 amide bonds. The van der Waals surface area contributed by atoms with Crippen LogP contribution in [0.1, 0.15) is 35.2 Å². The van der Waals surface area contributed by atoms with Crippen molar-refractivity contribution in [3.8, 4) is 0 Å². The number of rotatable bonds is 4. The van der Waals surface area contributed by atoms with Gasteiger partial charge in [0.25, 0.3) is 0 Å². The average molecular weight is 407 g/mol. The first kappa shape index (κ1) is 18.8. The van der Waals surface area contributed by atoms with Crippen LogP contribution >= 0.6 is 0 Å².